The van der Waals surface area contributed by atoms with E-state index in [-0.39, 0.29) is 22.8 Å². The summed E-state index contributed by atoms with van der Waals surface area (Å²) in [7, 11) is 0. The highest BCUT2D eigenvalue weighted by molar-refractivity contribution is 6.27. The number of rotatable bonds is 14. The second kappa shape index (κ2) is 15.4. The molecule has 0 aliphatic heterocycles. The fourth-order valence-corrected chi connectivity index (χ4v) is 7.84. The zero-order chi connectivity index (χ0) is 39.1. The Morgan fingerprint density at radius 3 is 2.06 bits per heavy atom. The number of nitrogens with zero attached hydrogens (tertiary/aromatic N) is 1. The third kappa shape index (κ3) is 6.91. The van der Waals surface area contributed by atoms with E-state index in [0.717, 1.165) is 87.1 Å². The molecule has 4 nitrogen and oxygen atoms in total. The van der Waals surface area contributed by atoms with Crippen molar-refractivity contribution in [3.63, 3.8) is 0 Å². The molecule has 0 fully saturated rings. The van der Waals surface area contributed by atoms with Crippen molar-refractivity contribution in [3.05, 3.63) is 123 Å². The van der Waals surface area contributed by atoms with E-state index in [9.17, 15) is 27.8 Å². The van der Waals surface area contributed by atoms with E-state index in [1.165, 1.54) is 11.6 Å². The van der Waals surface area contributed by atoms with E-state index in [2.05, 4.69) is 45.3 Å². The average Bonchev–Trinajstić information content (AvgIpc) is 3.48. The molecule has 0 saturated carbocycles. The normalized spacial score (nSPS) is 12.7. The van der Waals surface area contributed by atoms with E-state index in [1.807, 2.05) is 56.3 Å². The molecule has 1 heterocycles. The fourth-order valence-electron chi connectivity index (χ4n) is 7.84. The Morgan fingerprint density at radius 1 is 0.778 bits per heavy atom. The topological polar surface area (TPSA) is 55.1 Å². The highest BCUT2D eigenvalue weighted by Gasteiger charge is 2.42. The minimum Gasteiger partial charge on any atom is -0.486 e. The standard InChI is InChI=1S/C46H48F4N2O2/c1-8-10-15-31(9-2)24-52-39-21-20-32(42(51)35-18-13-14-19-40(35)54-25-46(49,50)45(47)48)22-36(39)37-23-38(33-16-11-12-17-34(33)43(37)52)44(53)41-29(6)27(4)26(3)28(5)30(41)7/h11-14,16-23,31,45,51H,8-10,15,24-25H2,1-7H3. The zero-order valence-electron chi connectivity index (χ0n) is 32.1. The van der Waals surface area contributed by atoms with Crippen molar-refractivity contribution < 1.29 is 27.1 Å². The molecule has 0 bridgehead atoms. The van der Waals surface area contributed by atoms with Crippen molar-refractivity contribution in [3.8, 4) is 5.75 Å². The van der Waals surface area contributed by atoms with Gasteiger partial charge in [0.05, 0.1) is 11.2 Å². The number of hydrogen-bond acceptors (Lipinski definition) is 3. The van der Waals surface area contributed by atoms with E-state index in [1.54, 1.807) is 18.2 Å². The highest BCUT2D eigenvalue weighted by atomic mass is 19.3. The van der Waals surface area contributed by atoms with Gasteiger partial charge in [-0.1, -0.05) is 75.6 Å². The van der Waals surface area contributed by atoms with Gasteiger partial charge in [-0.05, 0) is 110 Å². The lowest BCUT2D eigenvalue weighted by Crippen LogP contribution is -2.34. The summed E-state index contributed by atoms with van der Waals surface area (Å²) in [6, 6.07) is 22.0. The first-order valence-corrected chi connectivity index (χ1v) is 18.8. The summed E-state index contributed by atoms with van der Waals surface area (Å²) < 4.78 is 61.2. The maximum atomic E-state index is 14.9. The minimum atomic E-state index is -4.34. The Balaban J connectivity index is 1.59. The van der Waals surface area contributed by atoms with Gasteiger partial charge >= 0.3 is 12.3 Å². The van der Waals surface area contributed by atoms with Gasteiger partial charge in [-0.15, -0.1) is 0 Å². The van der Waals surface area contributed by atoms with Crippen LogP contribution in [0.3, 0.4) is 0 Å². The largest absolute Gasteiger partial charge is 0.486 e. The van der Waals surface area contributed by atoms with Gasteiger partial charge in [-0.25, -0.2) is 8.78 Å². The maximum absolute atomic E-state index is 14.9. The Kier molecular flexibility index (Phi) is 11.0. The van der Waals surface area contributed by atoms with E-state index < -0.39 is 19.0 Å². The van der Waals surface area contributed by atoms with Crippen molar-refractivity contribution in [2.24, 2.45) is 5.92 Å². The molecule has 0 saturated heterocycles. The van der Waals surface area contributed by atoms with Crippen LogP contribution in [0.1, 0.15) is 94.4 Å². The number of unbranched alkanes of at least 4 members (excludes halogenated alkanes) is 1. The lowest BCUT2D eigenvalue weighted by atomic mass is 9.84. The van der Waals surface area contributed by atoms with Gasteiger partial charge in [0, 0.05) is 50.5 Å². The SMILES string of the molecule is CCCCC(CC)Cn1c2ccc(C(=N)c3ccccc3OCC(F)(F)C(F)F)cc2c2cc(C(=O)c3c(C)c(C)c(C)c(C)c3C)c3ccccc3c21. The van der Waals surface area contributed by atoms with Gasteiger partial charge in [0.1, 0.15) is 5.75 Å². The molecule has 0 radical (unpaired) electrons. The number of halogens is 4. The van der Waals surface area contributed by atoms with Crippen LogP contribution >= 0.6 is 0 Å². The number of aromatic nitrogens is 1. The first kappa shape index (κ1) is 38.7. The van der Waals surface area contributed by atoms with Crippen LogP contribution in [0.15, 0.2) is 72.8 Å². The van der Waals surface area contributed by atoms with Gasteiger partial charge in [-0.3, -0.25) is 10.2 Å². The number of ether oxygens (including phenoxy) is 1. The van der Waals surface area contributed by atoms with Gasteiger partial charge in [0.15, 0.2) is 12.4 Å². The van der Waals surface area contributed by atoms with Crippen molar-refractivity contribution >= 4 is 44.1 Å². The molecule has 0 amide bonds. The fraction of sp³-hybridized carbons (Fsp3) is 0.348. The molecule has 6 rings (SSSR count). The molecule has 1 unspecified atom stereocenters. The molecule has 282 valence electrons. The lowest BCUT2D eigenvalue weighted by Gasteiger charge is -2.20. The lowest BCUT2D eigenvalue weighted by molar-refractivity contribution is -0.148. The molecule has 5 aromatic carbocycles. The molecule has 0 aliphatic rings. The quantitative estimate of drug-likeness (QED) is 0.0688. The smallest absolute Gasteiger partial charge is 0.340 e. The number of alkyl halides is 4. The summed E-state index contributed by atoms with van der Waals surface area (Å²) >= 11 is 0. The number of hydrogen-bond donors (Lipinski definition) is 1. The molecule has 1 aromatic heterocycles. The number of ketones is 1. The van der Waals surface area contributed by atoms with Crippen LogP contribution in [0.2, 0.25) is 0 Å². The minimum absolute atomic E-state index is 0.00270. The van der Waals surface area contributed by atoms with Gasteiger partial charge < -0.3 is 9.30 Å². The molecular formula is C46H48F4N2O2. The first-order valence-electron chi connectivity index (χ1n) is 18.8. The molecule has 0 aliphatic carbocycles. The molecule has 6 aromatic rings. The molecule has 8 heteroatoms. The number of carbonyl (C=O) groups excluding carboxylic acids is 1. The summed E-state index contributed by atoms with van der Waals surface area (Å²) in [4.78, 5) is 14.9. The Morgan fingerprint density at radius 2 is 1.41 bits per heavy atom. The first-order chi connectivity index (χ1) is 25.7. The van der Waals surface area contributed by atoms with Gasteiger partial charge in [0.2, 0.25) is 0 Å². The number of nitrogens with one attached hydrogen (secondary N) is 1. The molecular weight excluding hydrogens is 689 g/mol. The third-order valence-electron chi connectivity index (χ3n) is 11.5. The third-order valence-corrected chi connectivity index (χ3v) is 11.5. The van der Waals surface area contributed by atoms with Gasteiger partial charge in [0.25, 0.3) is 0 Å². The monoisotopic (exact) mass is 736 g/mol. The number of fused-ring (bicyclic) bond motifs is 5. The molecule has 1 N–H and O–H groups in total. The Labute approximate surface area is 314 Å². The average molecular weight is 737 g/mol. The molecule has 54 heavy (non-hydrogen) atoms. The summed E-state index contributed by atoms with van der Waals surface area (Å²) in [5.41, 5.74) is 9.31. The van der Waals surface area contributed by atoms with Crippen LogP contribution in [0.5, 0.6) is 5.75 Å². The van der Waals surface area contributed by atoms with Crippen molar-refractivity contribution in [1.82, 2.24) is 4.57 Å². The summed E-state index contributed by atoms with van der Waals surface area (Å²) in [6.07, 6.45) is 0.431. The second-order valence-electron chi connectivity index (χ2n) is 14.7. The Hall–Kier alpha value is -4.98. The van der Waals surface area contributed by atoms with E-state index >= 15 is 0 Å². The summed E-state index contributed by atoms with van der Waals surface area (Å²) in [5, 5.41) is 12.8. The van der Waals surface area contributed by atoms with E-state index in [0.29, 0.717) is 22.6 Å². The number of carbonyl (C=O) groups is 1. The van der Waals surface area contributed by atoms with Crippen LogP contribution in [-0.2, 0) is 6.54 Å². The molecule has 1 atom stereocenters. The highest BCUT2D eigenvalue weighted by Crippen LogP contribution is 2.40. The summed E-state index contributed by atoms with van der Waals surface area (Å²) in [5.74, 6) is -4.05. The predicted octanol–water partition coefficient (Wildman–Crippen LogP) is 12.6. The van der Waals surface area contributed by atoms with E-state index in [4.69, 9.17) is 4.74 Å². The van der Waals surface area contributed by atoms with Crippen molar-refractivity contribution in [2.45, 2.75) is 93.0 Å². The van der Waals surface area contributed by atoms with Crippen LogP contribution < -0.4 is 4.74 Å². The predicted molar refractivity (Wildman–Crippen MR) is 213 cm³/mol. The van der Waals surface area contributed by atoms with Crippen molar-refractivity contribution in [2.75, 3.05) is 6.61 Å². The zero-order valence-corrected chi connectivity index (χ0v) is 32.1. The van der Waals surface area contributed by atoms with Crippen LogP contribution in [-0.4, -0.2) is 35.0 Å². The van der Waals surface area contributed by atoms with Gasteiger partial charge in [-0.2, -0.15) is 8.78 Å². The number of para-hydroxylation sites is 1. The van der Waals surface area contributed by atoms with Crippen LogP contribution in [0.4, 0.5) is 17.6 Å². The molecule has 0 spiro atoms. The van der Waals surface area contributed by atoms with Crippen molar-refractivity contribution in [1.29, 1.82) is 5.41 Å². The second-order valence-corrected chi connectivity index (χ2v) is 14.7. The summed E-state index contributed by atoms with van der Waals surface area (Å²) in [6.45, 7) is 13.9. The number of benzene rings is 5. The van der Waals surface area contributed by atoms with Crippen LogP contribution in [0.25, 0.3) is 32.6 Å². The Bertz CT molecular complexity index is 2380. The van der Waals surface area contributed by atoms with Crippen LogP contribution in [0, 0.1) is 45.9 Å². The maximum Gasteiger partial charge on any atom is 0.340 e.